The summed E-state index contributed by atoms with van der Waals surface area (Å²) < 4.78 is 26.0. The summed E-state index contributed by atoms with van der Waals surface area (Å²) in [6.45, 7) is 7.55. The van der Waals surface area contributed by atoms with Gasteiger partial charge in [0.15, 0.2) is 0 Å². The highest BCUT2D eigenvalue weighted by Crippen LogP contribution is 2.39. The first kappa shape index (κ1) is 23.6. The summed E-state index contributed by atoms with van der Waals surface area (Å²) in [4.78, 5) is 27.8. The number of amides is 2. The van der Waals surface area contributed by atoms with Crippen LogP contribution in [-0.4, -0.2) is 43.9 Å². The lowest BCUT2D eigenvalue weighted by molar-refractivity contribution is -0.119. The van der Waals surface area contributed by atoms with Gasteiger partial charge in [0.1, 0.15) is 0 Å². The van der Waals surface area contributed by atoms with E-state index in [0.717, 1.165) is 11.1 Å². The minimum atomic E-state index is -3.37. The third-order valence-corrected chi connectivity index (χ3v) is 6.67. The number of rotatable bonds is 6. The molecule has 0 spiro atoms. The molecule has 9 heteroatoms. The smallest absolute Gasteiger partial charge is 0.411 e. The van der Waals surface area contributed by atoms with Gasteiger partial charge in [0.2, 0.25) is 15.9 Å². The molecule has 0 saturated heterocycles. The van der Waals surface area contributed by atoms with Crippen molar-refractivity contribution in [2.45, 2.75) is 40.2 Å². The molecule has 0 bridgehead atoms. The fraction of sp³-hybridized carbons (Fsp3) is 0.391. The quantitative estimate of drug-likeness (QED) is 0.667. The van der Waals surface area contributed by atoms with E-state index in [1.54, 1.807) is 48.2 Å². The topological polar surface area (TPSA) is 107 Å². The number of carboxylic acid groups (broad SMARTS) is 1. The van der Waals surface area contributed by atoms with Crippen molar-refractivity contribution in [2.75, 3.05) is 26.8 Å². The predicted molar refractivity (Wildman–Crippen MR) is 127 cm³/mol. The molecular weight excluding hydrogens is 430 g/mol. The van der Waals surface area contributed by atoms with Gasteiger partial charge >= 0.3 is 6.09 Å². The van der Waals surface area contributed by atoms with Crippen molar-refractivity contribution in [3.05, 3.63) is 42.5 Å². The van der Waals surface area contributed by atoms with Crippen LogP contribution >= 0.6 is 0 Å². The summed E-state index contributed by atoms with van der Waals surface area (Å²) in [6.07, 6.45) is -0.691. The highest BCUT2D eigenvalue weighted by Gasteiger charge is 2.35. The Hall–Kier alpha value is -3.07. The van der Waals surface area contributed by atoms with Crippen LogP contribution in [0.15, 0.2) is 42.5 Å². The molecule has 1 atom stereocenters. The van der Waals surface area contributed by atoms with Gasteiger partial charge in [-0.05, 0) is 55.2 Å². The van der Waals surface area contributed by atoms with Gasteiger partial charge in [0.25, 0.3) is 0 Å². The van der Waals surface area contributed by atoms with Crippen LogP contribution in [0.4, 0.5) is 21.9 Å². The Balaban J connectivity index is 1.99. The lowest BCUT2D eigenvalue weighted by Gasteiger charge is -2.40. The molecule has 0 saturated carbocycles. The monoisotopic (exact) mass is 459 g/mol. The maximum absolute atomic E-state index is 12.9. The van der Waals surface area contributed by atoms with Gasteiger partial charge < -0.3 is 10.0 Å². The van der Waals surface area contributed by atoms with Crippen LogP contribution < -0.4 is 14.5 Å². The Morgan fingerprint density at radius 2 is 1.72 bits per heavy atom. The van der Waals surface area contributed by atoms with E-state index in [2.05, 4.69) is 4.72 Å². The van der Waals surface area contributed by atoms with Gasteiger partial charge in [-0.1, -0.05) is 32.0 Å². The van der Waals surface area contributed by atoms with Crippen molar-refractivity contribution in [3.8, 4) is 11.1 Å². The number of carbonyl (C=O) groups excluding carboxylic acids is 1. The van der Waals surface area contributed by atoms with Crippen molar-refractivity contribution < 1.29 is 23.1 Å². The van der Waals surface area contributed by atoms with E-state index in [9.17, 15) is 23.1 Å². The van der Waals surface area contributed by atoms with Crippen LogP contribution in [0.5, 0.6) is 0 Å². The van der Waals surface area contributed by atoms with Crippen molar-refractivity contribution >= 4 is 39.1 Å². The molecule has 0 radical (unpaired) electrons. The van der Waals surface area contributed by atoms with E-state index >= 15 is 0 Å². The first-order valence-electron chi connectivity index (χ1n) is 10.6. The van der Waals surface area contributed by atoms with Crippen molar-refractivity contribution in [2.24, 2.45) is 5.92 Å². The molecule has 32 heavy (non-hydrogen) atoms. The number of fused-ring (bicyclic) bond motifs is 1. The summed E-state index contributed by atoms with van der Waals surface area (Å²) in [5.74, 6) is 0.146. The van der Waals surface area contributed by atoms with E-state index in [1.807, 2.05) is 26.8 Å². The van der Waals surface area contributed by atoms with Gasteiger partial charge in [0, 0.05) is 18.7 Å². The van der Waals surface area contributed by atoms with Crippen LogP contribution in [-0.2, 0) is 14.8 Å². The van der Waals surface area contributed by atoms with Crippen LogP contribution in [0.2, 0.25) is 0 Å². The summed E-state index contributed by atoms with van der Waals surface area (Å²) >= 11 is 0. The molecule has 3 rings (SSSR count). The molecule has 0 aromatic heterocycles. The maximum atomic E-state index is 12.9. The number of nitrogens with one attached hydrogen (secondary N) is 1. The number of benzene rings is 2. The summed E-state index contributed by atoms with van der Waals surface area (Å²) in [5, 5.41) is 9.76. The third kappa shape index (κ3) is 5.04. The third-order valence-electron chi connectivity index (χ3n) is 5.37. The molecule has 0 unspecified atom stereocenters. The van der Waals surface area contributed by atoms with Crippen LogP contribution in [0.3, 0.4) is 0 Å². The van der Waals surface area contributed by atoms with Gasteiger partial charge in [-0.3, -0.25) is 14.4 Å². The Morgan fingerprint density at radius 3 is 2.28 bits per heavy atom. The lowest BCUT2D eigenvalue weighted by Crippen LogP contribution is -2.51. The molecule has 2 aromatic carbocycles. The minimum absolute atomic E-state index is 0.0188. The number of hydrogen-bond donors (Lipinski definition) is 2. The van der Waals surface area contributed by atoms with Gasteiger partial charge in [-0.2, -0.15) is 0 Å². The van der Waals surface area contributed by atoms with Crippen LogP contribution in [0.25, 0.3) is 11.1 Å². The Morgan fingerprint density at radius 1 is 1.09 bits per heavy atom. The van der Waals surface area contributed by atoms with Crippen molar-refractivity contribution in [1.29, 1.82) is 0 Å². The van der Waals surface area contributed by atoms with E-state index in [0.29, 0.717) is 23.5 Å². The van der Waals surface area contributed by atoms with Crippen molar-refractivity contribution in [1.82, 2.24) is 0 Å². The van der Waals surface area contributed by atoms with E-state index in [-0.39, 0.29) is 30.2 Å². The number of carbonyl (C=O) groups is 2. The average molecular weight is 460 g/mol. The highest BCUT2D eigenvalue weighted by molar-refractivity contribution is 7.92. The molecule has 172 valence electrons. The zero-order valence-corrected chi connectivity index (χ0v) is 19.5. The largest absolute Gasteiger partial charge is 0.465 e. The second kappa shape index (κ2) is 9.20. The fourth-order valence-corrected chi connectivity index (χ4v) is 4.44. The number of nitrogens with zero attached hydrogens (tertiary/aromatic N) is 2. The predicted octanol–water partition coefficient (Wildman–Crippen LogP) is 4.38. The SMILES string of the molecule is CCS(=O)(=O)Nc1ccc(-c2ccc3c(c2)N(C(=O)O)C[C@H](C)N3C(=O)CC(C)C)cc1. The van der Waals surface area contributed by atoms with E-state index < -0.39 is 16.1 Å². The molecule has 0 fully saturated rings. The molecule has 1 heterocycles. The molecule has 2 amide bonds. The molecule has 2 aromatic rings. The van der Waals surface area contributed by atoms with Crippen LogP contribution in [0.1, 0.15) is 34.1 Å². The van der Waals surface area contributed by atoms with Gasteiger partial charge in [-0.15, -0.1) is 0 Å². The van der Waals surface area contributed by atoms with Crippen LogP contribution in [0, 0.1) is 5.92 Å². The summed E-state index contributed by atoms with van der Waals surface area (Å²) in [6, 6.07) is 12.0. The van der Waals surface area contributed by atoms with Crippen molar-refractivity contribution in [3.63, 3.8) is 0 Å². The number of anilines is 3. The second-order valence-electron chi connectivity index (χ2n) is 8.39. The lowest BCUT2D eigenvalue weighted by atomic mass is 9.99. The Labute approximate surface area is 188 Å². The molecule has 1 aliphatic heterocycles. The molecule has 2 N–H and O–H groups in total. The maximum Gasteiger partial charge on any atom is 0.411 e. The fourth-order valence-electron chi connectivity index (χ4n) is 3.80. The van der Waals surface area contributed by atoms with E-state index in [1.165, 1.54) is 4.90 Å². The first-order valence-corrected chi connectivity index (χ1v) is 12.2. The molecule has 1 aliphatic rings. The zero-order chi connectivity index (χ0) is 23.6. The first-order chi connectivity index (χ1) is 15.0. The molecular formula is C23H29N3O5S. The highest BCUT2D eigenvalue weighted by atomic mass is 32.2. The molecule has 8 nitrogen and oxygen atoms in total. The number of sulfonamides is 1. The Bertz CT molecular complexity index is 1110. The van der Waals surface area contributed by atoms with Gasteiger partial charge in [-0.25, -0.2) is 13.2 Å². The van der Waals surface area contributed by atoms with E-state index in [4.69, 9.17) is 0 Å². The Kier molecular flexibility index (Phi) is 6.78. The zero-order valence-electron chi connectivity index (χ0n) is 18.7. The second-order valence-corrected chi connectivity index (χ2v) is 10.4. The summed E-state index contributed by atoms with van der Waals surface area (Å²) in [5.41, 5.74) is 3.07. The average Bonchev–Trinajstić information content (AvgIpc) is 2.72. The standard InChI is InChI=1S/C23H29N3O5S/c1-5-32(30,31)24-19-9-6-17(7-10-19)18-8-11-20-21(13-18)25(23(28)29)14-16(4)26(20)22(27)12-15(2)3/h6-11,13,15-16,24H,5,12,14H2,1-4H3,(H,28,29)/t16-/m0/s1. The number of hydrogen-bond acceptors (Lipinski definition) is 4. The van der Waals surface area contributed by atoms with Gasteiger partial charge in [0.05, 0.1) is 23.2 Å². The normalized spacial score (nSPS) is 16.1. The summed E-state index contributed by atoms with van der Waals surface area (Å²) in [7, 11) is -3.37. The molecule has 0 aliphatic carbocycles. The minimum Gasteiger partial charge on any atom is -0.465 e.